The molecule has 0 spiro atoms. The minimum atomic E-state index is -0.403. The maximum Gasteiger partial charge on any atom is 0.336 e. The van der Waals surface area contributed by atoms with E-state index >= 15 is 0 Å². The Morgan fingerprint density at radius 3 is 2.70 bits per heavy atom. The van der Waals surface area contributed by atoms with E-state index in [0.29, 0.717) is 17.5 Å². The van der Waals surface area contributed by atoms with Crippen molar-refractivity contribution in [2.45, 2.75) is 13.5 Å². The van der Waals surface area contributed by atoms with Crippen LogP contribution < -0.4 is 20.5 Å². The number of hydrogen-bond acceptors (Lipinski definition) is 4. The van der Waals surface area contributed by atoms with Crippen LogP contribution >= 0.6 is 11.6 Å². The SMILES string of the molecule is Cc1cc([O-])c2c(C[NH+]3CCN(c4cccc(Cl)c4)CC3)cc(=O)oc2c1. The molecule has 1 aliphatic rings. The molecule has 0 unspecified atom stereocenters. The Morgan fingerprint density at radius 2 is 1.96 bits per heavy atom. The number of rotatable bonds is 3. The first-order valence-electron chi connectivity index (χ1n) is 9.08. The van der Waals surface area contributed by atoms with Gasteiger partial charge in [0.05, 0.1) is 26.2 Å². The second kappa shape index (κ2) is 7.25. The lowest BCUT2D eigenvalue weighted by Gasteiger charge is -2.34. The van der Waals surface area contributed by atoms with Crippen LogP contribution in [0.15, 0.2) is 51.7 Å². The summed E-state index contributed by atoms with van der Waals surface area (Å²) < 4.78 is 5.25. The molecule has 0 amide bonds. The van der Waals surface area contributed by atoms with E-state index in [0.717, 1.165) is 48.0 Å². The predicted octanol–water partition coefficient (Wildman–Crippen LogP) is 1.73. The number of aryl methyl sites for hydroxylation is 1. The molecule has 0 bridgehead atoms. The van der Waals surface area contributed by atoms with Gasteiger partial charge in [0.1, 0.15) is 12.1 Å². The van der Waals surface area contributed by atoms with Crippen LogP contribution in [-0.4, -0.2) is 26.2 Å². The largest absolute Gasteiger partial charge is 0.872 e. The molecule has 1 aromatic heterocycles. The summed E-state index contributed by atoms with van der Waals surface area (Å²) in [4.78, 5) is 15.6. The molecule has 2 heterocycles. The number of quaternary nitrogens is 1. The quantitative estimate of drug-likeness (QED) is 0.699. The number of halogens is 1. The third-order valence-electron chi connectivity index (χ3n) is 5.12. The summed E-state index contributed by atoms with van der Waals surface area (Å²) in [6.45, 7) is 6.12. The number of nitrogens with one attached hydrogen (secondary N) is 1. The third-order valence-corrected chi connectivity index (χ3v) is 5.35. The van der Waals surface area contributed by atoms with Crippen molar-refractivity contribution in [2.75, 3.05) is 31.1 Å². The van der Waals surface area contributed by atoms with E-state index in [-0.39, 0.29) is 5.75 Å². The third kappa shape index (κ3) is 3.80. The Bertz CT molecular complexity index is 1040. The highest BCUT2D eigenvalue weighted by Gasteiger charge is 2.22. The van der Waals surface area contributed by atoms with E-state index in [1.165, 1.54) is 11.0 Å². The highest BCUT2D eigenvalue weighted by atomic mass is 35.5. The summed E-state index contributed by atoms with van der Waals surface area (Å²) >= 11 is 6.10. The minimum absolute atomic E-state index is 0.0827. The molecule has 1 aliphatic heterocycles. The van der Waals surface area contributed by atoms with Crippen molar-refractivity contribution in [3.05, 3.63) is 69.0 Å². The molecule has 0 saturated carbocycles. The number of fused-ring (bicyclic) bond motifs is 1. The van der Waals surface area contributed by atoms with Gasteiger partial charge in [0.25, 0.3) is 0 Å². The second-order valence-corrected chi connectivity index (χ2v) is 7.56. The molecular weight excluding hydrogens is 364 g/mol. The number of benzene rings is 2. The molecule has 140 valence electrons. The molecule has 0 atom stereocenters. The summed E-state index contributed by atoms with van der Waals surface area (Å²) in [7, 11) is 0. The normalized spacial score (nSPS) is 15.4. The van der Waals surface area contributed by atoms with E-state index in [9.17, 15) is 9.90 Å². The van der Waals surface area contributed by atoms with E-state index in [4.69, 9.17) is 16.0 Å². The Labute approximate surface area is 162 Å². The first-order chi connectivity index (χ1) is 13.0. The smallest absolute Gasteiger partial charge is 0.336 e. The van der Waals surface area contributed by atoms with Crippen LogP contribution in [0.5, 0.6) is 5.75 Å². The number of nitrogens with zero attached hydrogens (tertiary/aromatic N) is 1. The Balaban J connectivity index is 1.53. The van der Waals surface area contributed by atoms with Gasteiger partial charge in [-0.2, -0.15) is 0 Å². The number of hydrogen-bond donors (Lipinski definition) is 1. The Morgan fingerprint density at radius 1 is 1.19 bits per heavy atom. The standard InChI is InChI=1S/C21H21ClN2O3/c1-14-9-18(25)21-15(11-20(26)27-19(21)10-14)13-23-5-7-24(8-6-23)17-4-2-3-16(22)12-17/h2-4,9-12,25H,5-8,13H2,1H3. The lowest BCUT2D eigenvalue weighted by Crippen LogP contribution is -3.13. The minimum Gasteiger partial charge on any atom is -0.872 e. The average molecular weight is 385 g/mol. The van der Waals surface area contributed by atoms with Gasteiger partial charge in [-0.25, -0.2) is 4.79 Å². The molecule has 1 saturated heterocycles. The van der Waals surface area contributed by atoms with Crippen LogP contribution in [0.4, 0.5) is 5.69 Å². The van der Waals surface area contributed by atoms with Gasteiger partial charge < -0.3 is 19.3 Å². The van der Waals surface area contributed by atoms with Crippen molar-refractivity contribution >= 4 is 28.3 Å². The lowest BCUT2D eigenvalue weighted by molar-refractivity contribution is -0.914. The summed E-state index contributed by atoms with van der Waals surface area (Å²) in [6, 6.07) is 12.7. The summed E-state index contributed by atoms with van der Waals surface area (Å²) in [5.41, 5.74) is 2.69. The predicted molar refractivity (Wildman–Crippen MR) is 105 cm³/mol. The first kappa shape index (κ1) is 17.9. The van der Waals surface area contributed by atoms with Crippen molar-refractivity contribution < 1.29 is 14.4 Å². The molecule has 0 aliphatic carbocycles. The maximum atomic E-state index is 12.5. The molecule has 27 heavy (non-hydrogen) atoms. The van der Waals surface area contributed by atoms with E-state index < -0.39 is 5.63 Å². The maximum absolute atomic E-state index is 12.5. The van der Waals surface area contributed by atoms with Crippen molar-refractivity contribution in [3.63, 3.8) is 0 Å². The van der Waals surface area contributed by atoms with Gasteiger partial charge in [-0.3, -0.25) is 0 Å². The van der Waals surface area contributed by atoms with Crippen LogP contribution in [0.1, 0.15) is 11.1 Å². The molecule has 1 fully saturated rings. The zero-order valence-corrected chi connectivity index (χ0v) is 15.9. The van der Waals surface area contributed by atoms with E-state index in [1.54, 1.807) is 12.1 Å². The first-order valence-corrected chi connectivity index (χ1v) is 9.46. The average Bonchev–Trinajstić information content (AvgIpc) is 2.61. The fourth-order valence-electron chi connectivity index (χ4n) is 3.81. The molecule has 6 heteroatoms. The van der Waals surface area contributed by atoms with Crippen molar-refractivity contribution in [3.8, 4) is 5.75 Å². The number of anilines is 1. The number of piperazine rings is 1. The van der Waals surface area contributed by atoms with Crippen LogP contribution in [0, 0.1) is 6.92 Å². The molecular formula is C21H21ClN2O3. The van der Waals surface area contributed by atoms with Crippen molar-refractivity contribution in [2.24, 2.45) is 0 Å². The lowest BCUT2D eigenvalue weighted by atomic mass is 10.1. The highest BCUT2D eigenvalue weighted by Crippen LogP contribution is 2.26. The molecule has 3 aromatic rings. The van der Waals surface area contributed by atoms with Crippen LogP contribution in [0.3, 0.4) is 0 Å². The fourth-order valence-corrected chi connectivity index (χ4v) is 3.99. The zero-order valence-electron chi connectivity index (χ0n) is 15.1. The van der Waals surface area contributed by atoms with Crippen LogP contribution in [0.25, 0.3) is 11.0 Å². The molecule has 2 aromatic carbocycles. The van der Waals surface area contributed by atoms with E-state index in [2.05, 4.69) is 11.0 Å². The molecule has 0 radical (unpaired) electrons. The highest BCUT2D eigenvalue weighted by molar-refractivity contribution is 6.30. The Hall–Kier alpha value is -2.50. The topological polar surface area (TPSA) is 61.0 Å². The summed E-state index contributed by atoms with van der Waals surface area (Å²) in [5.74, 6) is -0.0827. The summed E-state index contributed by atoms with van der Waals surface area (Å²) in [6.07, 6.45) is 0. The zero-order chi connectivity index (χ0) is 19.0. The van der Waals surface area contributed by atoms with Gasteiger partial charge >= 0.3 is 5.63 Å². The Kier molecular flexibility index (Phi) is 4.81. The molecule has 4 rings (SSSR count). The van der Waals surface area contributed by atoms with Crippen molar-refractivity contribution in [1.29, 1.82) is 0 Å². The van der Waals surface area contributed by atoms with Gasteiger partial charge in [-0.1, -0.05) is 29.5 Å². The van der Waals surface area contributed by atoms with Crippen LogP contribution in [-0.2, 0) is 6.54 Å². The molecule has 1 N–H and O–H groups in total. The monoisotopic (exact) mass is 384 g/mol. The van der Waals surface area contributed by atoms with Gasteiger partial charge in [0.15, 0.2) is 0 Å². The second-order valence-electron chi connectivity index (χ2n) is 7.12. The van der Waals surface area contributed by atoms with Gasteiger partial charge in [0, 0.05) is 27.7 Å². The van der Waals surface area contributed by atoms with Gasteiger partial charge in [0.2, 0.25) is 0 Å². The van der Waals surface area contributed by atoms with E-state index in [1.807, 2.05) is 25.1 Å². The van der Waals surface area contributed by atoms with Crippen molar-refractivity contribution in [1.82, 2.24) is 0 Å². The van der Waals surface area contributed by atoms with Gasteiger partial charge in [-0.15, -0.1) is 0 Å². The molecule has 5 nitrogen and oxygen atoms in total. The fraction of sp³-hybridized carbons (Fsp3) is 0.286. The summed E-state index contributed by atoms with van der Waals surface area (Å²) in [5, 5.41) is 13.7. The van der Waals surface area contributed by atoms with Gasteiger partial charge in [-0.05, 0) is 36.8 Å². The van der Waals surface area contributed by atoms with Crippen LogP contribution in [0.2, 0.25) is 5.02 Å².